The molecule has 0 aromatic carbocycles. The van der Waals surface area contributed by atoms with Gasteiger partial charge in [-0.2, -0.15) is 0 Å². The van der Waals surface area contributed by atoms with E-state index >= 15 is 0 Å². The molecule has 0 spiro atoms. The van der Waals surface area contributed by atoms with Gasteiger partial charge in [0.1, 0.15) is 0 Å². The van der Waals surface area contributed by atoms with Crippen molar-refractivity contribution in [2.45, 2.75) is 424 Å². The molecule has 0 saturated heterocycles. The molecule has 0 aromatic heterocycles. The molecule has 2 atom stereocenters. The summed E-state index contributed by atoms with van der Waals surface area (Å²) >= 11 is 0. The number of esters is 1. The van der Waals surface area contributed by atoms with Gasteiger partial charge >= 0.3 is 5.97 Å². The predicted octanol–water partition coefficient (Wildman–Crippen LogP) is 23.1. The molecule has 464 valence electrons. The Bertz CT molecular complexity index is 1180. The van der Waals surface area contributed by atoms with Crippen LogP contribution in [-0.4, -0.2) is 47.4 Å². The number of unbranched alkanes of at least 4 members (excludes halogenated alkanes) is 55. The van der Waals surface area contributed by atoms with Crippen LogP contribution in [0.25, 0.3) is 0 Å². The second kappa shape index (κ2) is 68.1. The Kier molecular flexibility index (Phi) is 66.9. The van der Waals surface area contributed by atoms with E-state index in [4.69, 9.17) is 4.74 Å². The molecule has 6 heteroatoms. The first-order valence-electron chi connectivity index (χ1n) is 35.9. The molecule has 0 saturated carbocycles. The lowest BCUT2D eigenvalue weighted by Crippen LogP contribution is -2.45. The third-order valence-corrected chi connectivity index (χ3v) is 17.1. The zero-order valence-electron chi connectivity index (χ0n) is 53.2. The normalized spacial score (nSPS) is 12.5. The Labute approximate surface area is 489 Å². The monoisotopic (exact) mass is 1100 g/mol. The lowest BCUT2D eigenvalue weighted by atomic mass is 10.0. The first-order chi connectivity index (χ1) is 38.5. The molecule has 0 rings (SSSR count). The van der Waals surface area contributed by atoms with Crippen LogP contribution in [0.1, 0.15) is 412 Å². The Morgan fingerprint density at radius 1 is 0.346 bits per heavy atom. The van der Waals surface area contributed by atoms with Gasteiger partial charge in [0.2, 0.25) is 5.91 Å². The molecular formula is C72H141NO5. The van der Waals surface area contributed by atoms with Crippen LogP contribution in [0.2, 0.25) is 0 Å². The van der Waals surface area contributed by atoms with Gasteiger partial charge in [-0.3, -0.25) is 9.59 Å². The predicted molar refractivity (Wildman–Crippen MR) is 343 cm³/mol. The van der Waals surface area contributed by atoms with E-state index in [1.54, 1.807) is 0 Å². The fourth-order valence-electron chi connectivity index (χ4n) is 11.6. The fraction of sp³-hybridized carbons (Fsp3) is 0.944. The van der Waals surface area contributed by atoms with Gasteiger partial charge in [0.15, 0.2) is 0 Å². The van der Waals surface area contributed by atoms with Crippen molar-refractivity contribution >= 4 is 11.9 Å². The van der Waals surface area contributed by atoms with E-state index in [2.05, 4.69) is 31.3 Å². The van der Waals surface area contributed by atoms with Gasteiger partial charge < -0.3 is 20.3 Å². The van der Waals surface area contributed by atoms with Crippen LogP contribution in [-0.2, 0) is 14.3 Å². The van der Waals surface area contributed by atoms with E-state index in [-0.39, 0.29) is 18.5 Å². The number of aliphatic hydroxyl groups excluding tert-OH is 2. The molecule has 78 heavy (non-hydrogen) atoms. The van der Waals surface area contributed by atoms with Gasteiger partial charge in [0.25, 0.3) is 0 Å². The average Bonchev–Trinajstić information content (AvgIpc) is 3.44. The zero-order valence-corrected chi connectivity index (χ0v) is 53.2. The Morgan fingerprint density at radius 3 is 0.910 bits per heavy atom. The Morgan fingerprint density at radius 2 is 0.603 bits per heavy atom. The number of hydrogen-bond donors (Lipinski definition) is 3. The van der Waals surface area contributed by atoms with Crippen LogP contribution in [0.3, 0.4) is 0 Å². The summed E-state index contributed by atoms with van der Waals surface area (Å²) in [4.78, 5) is 24.6. The van der Waals surface area contributed by atoms with Crippen LogP contribution < -0.4 is 5.32 Å². The van der Waals surface area contributed by atoms with E-state index in [1.165, 1.54) is 340 Å². The summed E-state index contributed by atoms with van der Waals surface area (Å²) in [6, 6.07) is -0.541. The highest BCUT2D eigenvalue weighted by Crippen LogP contribution is 2.19. The van der Waals surface area contributed by atoms with Crippen molar-refractivity contribution in [3.8, 4) is 0 Å². The highest BCUT2D eigenvalue weighted by Gasteiger charge is 2.20. The summed E-state index contributed by atoms with van der Waals surface area (Å²) in [6.45, 7) is 5.00. The summed E-state index contributed by atoms with van der Waals surface area (Å²) in [5.41, 5.74) is 0. The maximum absolute atomic E-state index is 12.5. The van der Waals surface area contributed by atoms with Gasteiger partial charge in [-0.1, -0.05) is 360 Å². The zero-order chi connectivity index (χ0) is 56.4. The number of allylic oxidation sites excluding steroid dienone is 2. The molecule has 3 N–H and O–H groups in total. The SMILES string of the molecule is CCCCCCCCCCCCCCCCCCCCCCC(O)C(CO)NC(=O)CCCCCCCCCCCCCC/C=C\CCCCCCCCCCCCCCOC(=O)CCCCCCCCCCCCCCC. The fourth-order valence-corrected chi connectivity index (χ4v) is 11.6. The van der Waals surface area contributed by atoms with Crippen LogP contribution in [0, 0.1) is 0 Å². The molecule has 1 amide bonds. The number of aliphatic hydroxyl groups is 2. The first kappa shape index (κ1) is 76.6. The highest BCUT2D eigenvalue weighted by atomic mass is 16.5. The van der Waals surface area contributed by atoms with E-state index in [0.29, 0.717) is 25.9 Å². The summed E-state index contributed by atoms with van der Waals surface area (Å²) in [7, 11) is 0. The van der Waals surface area contributed by atoms with Gasteiger partial charge in [-0.15, -0.1) is 0 Å². The molecule has 0 fully saturated rings. The molecule has 0 aliphatic heterocycles. The van der Waals surface area contributed by atoms with Gasteiger partial charge in [0, 0.05) is 12.8 Å². The van der Waals surface area contributed by atoms with E-state index in [0.717, 1.165) is 38.5 Å². The Hall–Kier alpha value is -1.40. The van der Waals surface area contributed by atoms with Crippen molar-refractivity contribution in [1.82, 2.24) is 5.32 Å². The molecule has 0 heterocycles. The molecule has 0 bridgehead atoms. The third kappa shape index (κ3) is 63.8. The van der Waals surface area contributed by atoms with Crippen LogP contribution in [0.5, 0.6) is 0 Å². The summed E-state index contributed by atoms with van der Waals surface area (Å²) in [5.74, 6) is -0.0117. The minimum absolute atomic E-state index is 0.0184. The van der Waals surface area contributed by atoms with E-state index in [1.807, 2.05) is 0 Å². The molecule has 0 aromatic rings. The maximum Gasteiger partial charge on any atom is 0.305 e. The maximum atomic E-state index is 12.5. The third-order valence-electron chi connectivity index (χ3n) is 17.1. The minimum Gasteiger partial charge on any atom is -0.466 e. The van der Waals surface area contributed by atoms with Crippen molar-refractivity contribution in [3.05, 3.63) is 12.2 Å². The van der Waals surface area contributed by atoms with Gasteiger partial charge in [-0.05, 0) is 51.4 Å². The number of carbonyl (C=O) groups is 2. The molecular weight excluding hydrogens is 959 g/mol. The molecule has 0 aliphatic carbocycles. The summed E-state index contributed by atoms with van der Waals surface area (Å²) in [6.07, 6.45) is 84.1. The van der Waals surface area contributed by atoms with Crippen molar-refractivity contribution in [1.29, 1.82) is 0 Å². The second-order valence-corrected chi connectivity index (χ2v) is 24.9. The van der Waals surface area contributed by atoms with E-state index < -0.39 is 12.1 Å². The molecule has 0 radical (unpaired) electrons. The van der Waals surface area contributed by atoms with Crippen molar-refractivity contribution in [3.63, 3.8) is 0 Å². The van der Waals surface area contributed by atoms with E-state index in [9.17, 15) is 19.8 Å². The largest absolute Gasteiger partial charge is 0.466 e. The number of rotatable bonds is 68. The Balaban J connectivity index is 3.37. The van der Waals surface area contributed by atoms with Gasteiger partial charge in [0.05, 0.1) is 25.4 Å². The van der Waals surface area contributed by atoms with Crippen molar-refractivity contribution < 1.29 is 24.5 Å². The van der Waals surface area contributed by atoms with Crippen LogP contribution in [0.15, 0.2) is 12.2 Å². The molecule has 6 nitrogen and oxygen atoms in total. The number of ether oxygens (including phenoxy) is 1. The van der Waals surface area contributed by atoms with Crippen molar-refractivity contribution in [2.24, 2.45) is 0 Å². The van der Waals surface area contributed by atoms with Crippen LogP contribution >= 0.6 is 0 Å². The first-order valence-corrected chi connectivity index (χ1v) is 35.9. The topological polar surface area (TPSA) is 95.9 Å². The van der Waals surface area contributed by atoms with Crippen molar-refractivity contribution in [2.75, 3.05) is 13.2 Å². The quantitative estimate of drug-likeness (QED) is 0.0320. The second-order valence-electron chi connectivity index (χ2n) is 24.9. The highest BCUT2D eigenvalue weighted by molar-refractivity contribution is 5.76. The number of hydrogen-bond acceptors (Lipinski definition) is 5. The van der Waals surface area contributed by atoms with Gasteiger partial charge in [-0.25, -0.2) is 0 Å². The number of nitrogens with one attached hydrogen (secondary N) is 1. The summed E-state index contributed by atoms with van der Waals surface area (Å²) < 4.78 is 5.49. The molecule has 2 unspecified atom stereocenters. The lowest BCUT2D eigenvalue weighted by molar-refractivity contribution is -0.143. The number of carbonyl (C=O) groups excluding carboxylic acids is 2. The average molecular weight is 1100 g/mol. The molecule has 0 aliphatic rings. The summed E-state index contributed by atoms with van der Waals surface area (Å²) in [5, 5.41) is 23.4. The minimum atomic E-state index is -0.664. The number of amides is 1. The lowest BCUT2D eigenvalue weighted by Gasteiger charge is -2.22. The standard InChI is InChI=1S/C72H141NO5/c1-3-5-7-9-11-13-15-17-18-19-20-31-34-37-41-44-48-52-56-60-64-70(75)69(68-74)73-71(76)65-61-57-53-49-45-42-38-35-32-29-27-25-23-21-22-24-26-28-30-33-36-39-43-47-51-55-59-63-67-78-72(77)66-62-58-54-50-46-40-16-14-12-10-8-6-4-2/h21-22,69-70,74-75H,3-20,23-68H2,1-2H3,(H,73,76)/b22-21-. The smallest absolute Gasteiger partial charge is 0.305 e. The van der Waals surface area contributed by atoms with Crippen LogP contribution in [0.4, 0.5) is 0 Å².